The molecule has 0 unspecified atom stereocenters. The van der Waals surface area contributed by atoms with Crippen molar-refractivity contribution in [3.8, 4) is 0 Å². The van der Waals surface area contributed by atoms with Crippen LogP contribution in [0, 0.1) is 5.92 Å². The summed E-state index contributed by atoms with van der Waals surface area (Å²) in [6, 6.07) is 1.49. The van der Waals surface area contributed by atoms with E-state index in [9.17, 15) is 0 Å². The Morgan fingerprint density at radius 3 is 1.93 bits per heavy atom. The average molecular weight is 427 g/mol. The molecule has 1 N–H and O–H groups in total. The molecule has 0 aromatic rings. The fourth-order valence-corrected chi connectivity index (χ4v) is 7.42. The predicted molar refractivity (Wildman–Crippen MR) is 124 cm³/mol. The van der Waals surface area contributed by atoms with E-state index in [-0.39, 0.29) is 0 Å². The SMILES string of the molecule is CCO[Si](CCCN=C(CC1CCCCC1)NC1CCCCC1)(OCC)OCC. The summed E-state index contributed by atoms with van der Waals surface area (Å²) in [5.41, 5.74) is 0. The quantitative estimate of drug-likeness (QED) is 0.177. The predicted octanol–water partition coefficient (Wildman–Crippen LogP) is 5.72. The van der Waals surface area contributed by atoms with Crippen LogP contribution in [0.25, 0.3) is 0 Å². The Hall–Kier alpha value is -0.433. The minimum absolute atomic E-state index is 0.634. The molecule has 0 radical (unpaired) electrons. The van der Waals surface area contributed by atoms with E-state index in [0.717, 1.165) is 31.3 Å². The van der Waals surface area contributed by atoms with Crippen molar-refractivity contribution < 1.29 is 13.3 Å². The van der Waals surface area contributed by atoms with Gasteiger partial charge in [0.1, 0.15) is 0 Å². The van der Waals surface area contributed by atoms with Crippen molar-refractivity contribution in [3.63, 3.8) is 0 Å². The summed E-state index contributed by atoms with van der Waals surface area (Å²) in [7, 11) is -2.54. The molecule has 6 heteroatoms. The van der Waals surface area contributed by atoms with Gasteiger partial charge in [-0.1, -0.05) is 51.4 Å². The van der Waals surface area contributed by atoms with Crippen molar-refractivity contribution in [3.05, 3.63) is 0 Å². The van der Waals surface area contributed by atoms with E-state index >= 15 is 0 Å². The summed E-state index contributed by atoms with van der Waals surface area (Å²) >= 11 is 0. The fourth-order valence-electron chi connectivity index (χ4n) is 4.83. The van der Waals surface area contributed by atoms with Crippen LogP contribution in [0.4, 0.5) is 0 Å². The lowest BCUT2D eigenvalue weighted by atomic mass is 9.86. The van der Waals surface area contributed by atoms with Gasteiger partial charge in [-0.2, -0.15) is 0 Å². The molecule has 0 aromatic carbocycles. The Morgan fingerprint density at radius 2 is 1.38 bits per heavy atom. The Morgan fingerprint density at radius 1 is 0.828 bits per heavy atom. The lowest BCUT2D eigenvalue weighted by Crippen LogP contribution is -2.46. The topological polar surface area (TPSA) is 52.1 Å². The van der Waals surface area contributed by atoms with Crippen LogP contribution in [0.15, 0.2) is 4.99 Å². The number of hydrogen-bond acceptors (Lipinski definition) is 4. The summed E-state index contributed by atoms with van der Waals surface area (Å²) in [5, 5.41) is 3.84. The van der Waals surface area contributed by atoms with E-state index in [1.54, 1.807) is 0 Å². The van der Waals surface area contributed by atoms with E-state index in [0.29, 0.717) is 25.9 Å². The third-order valence-electron chi connectivity index (χ3n) is 6.22. The van der Waals surface area contributed by atoms with Crippen LogP contribution in [-0.4, -0.2) is 47.0 Å². The van der Waals surface area contributed by atoms with E-state index in [1.165, 1.54) is 70.0 Å². The molecule has 29 heavy (non-hydrogen) atoms. The Labute approximate surface area is 180 Å². The normalized spacial score (nSPS) is 20.2. The standard InChI is InChI=1S/C23H46N2O3Si/c1-4-26-29(27-5-2,28-6-3)19-13-18-24-23(20-21-14-9-7-10-15-21)25-22-16-11-8-12-17-22/h21-22H,4-20H2,1-3H3,(H,24,25). The molecule has 0 saturated heterocycles. The zero-order valence-electron chi connectivity index (χ0n) is 19.3. The monoisotopic (exact) mass is 426 g/mol. The molecule has 0 heterocycles. The minimum Gasteiger partial charge on any atom is -0.374 e. The highest BCUT2D eigenvalue weighted by Crippen LogP contribution is 2.27. The van der Waals surface area contributed by atoms with Gasteiger partial charge < -0.3 is 18.6 Å². The molecule has 2 aliphatic carbocycles. The summed E-state index contributed by atoms with van der Waals surface area (Å²) in [5.74, 6) is 2.09. The first-order valence-corrected chi connectivity index (χ1v) is 14.4. The lowest BCUT2D eigenvalue weighted by Gasteiger charge is -2.29. The first kappa shape index (κ1) is 24.8. The van der Waals surface area contributed by atoms with E-state index in [1.807, 2.05) is 20.8 Å². The van der Waals surface area contributed by atoms with Gasteiger partial charge in [-0.3, -0.25) is 4.99 Å². The van der Waals surface area contributed by atoms with Gasteiger partial charge in [-0.05, 0) is 46.0 Å². The van der Waals surface area contributed by atoms with Crippen LogP contribution < -0.4 is 5.32 Å². The molecular formula is C23H46N2O3Si. The zero-order chi connectivity index (χ0) is 20.8. The number of nitrogens with zero attached hydrogens (tertiary/aromatic N) is 1. The van der Waals surface area contributed by atoms with Crippen LogP contribution in [0.3, 0.4) is 0 Å². The van der Waals surface area contributed by atoms with Crippen LogP contribution in [-0.2, 0) is 13.3 Å². The second-order valence-corrected chi connectivity index (χ2v) is 11.3. The Balaban J connectivity index is 1.91. The smallest absolute Gasteiger partial charge is 0.374 e. The molecule has 2 fully saturated rings. The number of rotatable bonds is 13. The van der Waals surface area contributed by atoms with Gasteiger partial charge in [-0.15, -0.1) is 0 Å². The first-order valence-electron chi connectivity index (χ1n) is 12.4. The van der Waals surface area contributed by atoms with Gasteiger partial charge in [0.2, 0.25) is 0 Å². The molecule has 0 aromatic heterocycles. The van der Waals surface area contributed by atoms with Crippen molar-refractivity contribution >= 4 is 14.6 Å². The van der Waals surface area contributed by atoms with Gasteiger partial charge in [0.05, 0.1) is 5.84 Å². The summed E-state index contributed by atoms with van der Waals surface area (Å²) in [6.45, 7) is 8.84. The van der Waals surface area contributed by atoms with E-state index in [4.69, 9.17) is 18.3 Å². The molecule has 2 aliphatic rings. The van der Waals surface area contributed by atoms with Crippen LogP contribution in [0.1, 0.15) is 97.8 Å². The third kappa shape index (κ3) is 9.49. The van der Waals surface area contributed by atoms with Crippen molar-refractivity contribution in [1.29, 1.82) is 0 Å². The molecule has 0 spiro atoms. The van der Waals surface area contributed by atoms with Crippen molar-refractivity contribution in [2.45, 2.75) is 110 Å². The summed E-state index contributed by atoms with van der Waals surface area (Å²) < 4.78 is 18.0. The highest BCUT2D eigenvalue weighted by atomic mass is 28.4. The highest BCUT2D eigenvalue weighted by Gasteiger charge is 2.39. The zero-order valence-corrected chi connectivity index (χ0v) is 20.3. The molecular weight excluding hydrogens is 380 g/mol. The van der Waals surface area contributed by atoms with Gasteiger partial charge in [0.15, 0.2) is 0 Å². The van der Waals surface area contributed by atoms with Crippen LogP contribution in [0.5, 0.6) is 0 Å². The second kappa shape index (κ2) is 14.6. The van der Waals surface area contributed by atoms with Gasteiger partial charge >= 0.3 is 8.80 Å². The van der Waals surface area contributed by atoms with Gasteiger partial charge in [0, 0.05) is 44.9 Å². The number of amidine groups is 1. The fraction of sp³-hybridized carbons (Fsp3) is 0.957. The Kier molecular flexibility index (Phi) is 12.5. The van der Waals surface area contributed by atoms with E-state index < -0.39 is 8.80 Å². The average Bonchev–Trinajstić information content (AvgIpc) is 2.73. The largest absolute Gasteiger partial charge is 0.500 e. The van der Waals surface area contributed by atoms with Crippen LogP contribution >= 0.6 is 0 Å². The van der Waals surface area contributed by atoms with E-state index in [2.05, 4.69) is 5.32 Å². The number of hydrogen-bond donors (Lipinski definition) is 1. The molecule has 5 nitrogen and oxygen atoms in total. The maximum Gasteiger partial charge on any atom is 0.500 e. The van der Waals surface area contributed by atoms with Gasteiger partial charge in [-0.25, -0.2) is 0 Å². The summed E-state index contributed by atoms with van der Waals surface area (Å²) in [4.78, 5) is 5.06. The maximum atomic E-state index is 5.99. The minimum atomic E-state index is -2.54. The lowest BCUT2D eigenvalue weighted by molar-refractivity contribution is 0.0710. The third-order valence-corrected chi connectivity index (χ3v) is 9.37. The molecule has 2 rings (SSSR count). The summed E-state index contributed by atoms with van der Waals surface area (Å²) in [6.07, 6.45) is 15.8. The van der Waals surface area contributed by atoms with Gasteiger partial charge in [0.25, 0.3) is 0 Å². The molecule has 0 atom stereocenters. The molecule has 0 aliphatic heterocycles. The van der Waals surface area contributed by atoms with Crippen LogP contribution in [0.2, 0.25) is 6.04 Å². The molecule has 0 bridgehead atoms. The molecule has 2 saturated carbocycles. The first-order chi connectivity index (χ1) is 14.2. The maximum absolute atomic E-state index is 5.99. The molecule has 170 valence electrons. The van der Waals surface area contributed by atoms with Crippen molar-refractivity contribution in [1.82, 2.24) is 5.32 Å². The molecule has 0 amide bonds. The highest BCUT2D eigenvalue weighted by molar-refractivity contribution is 6.60. The van der Waals surface area contributed by atoms with Crippen molar-refractivity contribution in [2.75, 3.05) is 26.4 Å². The Bertz CT molecular complexity index is 410. The second-order valence-electron chi connectivity index (χ2n) is 8.60. The number of nitrogens with one attached hydrogen (secondary N) is 1. The van der Waals surface area contributed by atoms with Crippen molar-refractivity contribution in [2.24, 2.45) is 10.9 Å². The number of aliphatic imine (C=N–C) groups is 1.